The van der Waals surface area contributed by atoms with Crippen molar-refractivity contribution in [1.29, 1.82) is 0 Å². The van der Waals surface area contributed by atoms with Crippen LogP contribution in [0.5, 0.6) is 0 Å². The highest BCUT2D eigenvalue weighted by molar-refractivity contribution is 6.69. The molecule has 1 aromatic rings. The standard InChI is InChI=1S/C14H18Cl2OSi/c1-14(2,17-18(3,4)5)7-6-11-8-12(15)10-13(16)9-11/h8-10H,1-5H3. The fraction of sp³-hybridized carbons (Fsp3) is 0.429. The molecule has 18 heavy (non-hydrogen) atoms. The Hall–Kier alpha value is -0.463. The zero-order valence-electron chi connectivity index (χ0n) is 11.4. The molecule has 0 spiro atoms. The second-order valence-electron chi connectivity index (χ2n) is 5.63. The van der Waals surface area contributed by atoms with E-state index in [1.165, 1.54) is 0 Å². The molecular weight excluding hydrogens is 283 g/mol. The van der Waals surface area contributed by atoms with Crippen LogP contribution in [0, 0.1) is 11.8 Å². The van der Waals surface area contributed by atoms with E-state index in [1.54, 1.807) is 18.2 Å². The van der Waals surface area contributed by atoms with Crippen molar-refractivity contribution in [3.05, 3.63) is 33.8 Å². The summed E-state index contributed by atoms with van der Waals surface area (Å²) in [6.45, 7) is 10.4. The summed E-state index contributed by atoms with van der Waals surface area (Å²) < 4.78 is 6.01. The lowest BCUT2D eigenvalue weighted by atomic mass is 10.1. The Morgan fingerprint density at radius 2 is 1.56 bits per heavy atom. The fourth-order valence-corrected chi connectivity index (χ4v) is 3.75. The van der Waals surface area contributed by atoms with Gasteiger partial charge in [0.15, 0.2) is 8.32 Å². The van der Waals surface area contributed by atoms with E-state index in [0.717, 1.165) is 5.56 Å². The maximum absolute atomic E-state index is 6.01. The minimum absolute atomic E-state index is 0.459. The Balaban J connectivity index is 2.93. The molecule has 0 aliphatic rings. The van der Waals surface area contributed by atoms with Gasteiger partial charge in [0, 0.05) is 15.6 Å². The Bertz CT molecular complexity index is 472. The highest BCUT2D eigenvalue weighted by Gasteiger charge is 2.25. The Kier molecular flexibility index (Phi) is 4.91. The number of halogens is 2. The maximum Gasteiger partial charge on any atom is 0.185 e. The predicted molar refractivity (Wildman–Crippen MR) is 81.9 cm³/mol. The summed E-state index contributed by atoms with van der Waals surface area (Å²) in [4.78, 5) is 0. The number of hydrogen-bond acceptors (Lipinski definition) is 1. The first-order valence-corrected chi connectivity index (χ1v) is 9.93. The average Bonchev–Trinajstić information content (AvgIpc) is 2.09. The molecule has 0 saturated heterocycles. The van der Waals surface area contributed by atoms with Crippen molar-refractivity contribution in [3.63, 3.8) is 0 Å². The molecule has 0 heterocycles. The predicted octanol–water partition coefficient (Wildman–Crippen LogP) is 4.98. The minimum atomic E-state index is -1.61. The number of rotatable bonds is 2. The Labute approximate surface area is 121 Å². The lowest BCUT2D eigenvalue weighted by molar-refractivity contribution is 0.164. The van der Waals surface area contributed by atoms with E-state index in [4.69, 9.17) is 27.6 Å². The molecule has 0 aliphatic carbocycles. The summed E-state index contributed by atoms with van der Waals surface area (Å²) in [6.07, 6.45) is 0. The summed E-state index contributed by atoms with van der Waals surface area (Å²) in [6, 6.07) is 5.29. The maximum atomic E-state index is 6.01. The third-order valence-electron chi connectivity index (χ3n) is 1.93. The van der Waals surface area contributed by atoms with Gasteiger partial charge in [-0.2, -0.15) is 0 Å². The third kappa shape index (κ3) is 5.93. The van der Waals surface area contributed by atoms with Crippen molar-refractivity contribution < 1.29 is 4.43 Å². The van der Waals surface area contributed by atoms with E-state index in [2.05, 4.69) is 31.5 Å². The van der Waals surface area contributed by atoms with Gasteiger partial charge in [-0.25, -0.2) is 0 Å². The van der Waals surface area contributed by atoms with Gasteiger partial charge in [-0.05, 0) is 51.7 Å². The van der Waals surface area contributed by atoms with Crippen molar-refractivity contribution in [2.75, 3.05) is 0 Å². The van der Waals surface area contributed by atoms with Crippen LogP contribution < -0.4 is 0 Å². The van der Waals surface area contributed by atoms with E-state index in [-0.39, 0.29) is 0 Å². The molecule has 0 aliphatic heterocycles. The minimum Gasteiger partial charge on any atom is -0.402 e. The van der Waals surface area contributed by atoms with Gasteiger partial charge < -0.3 is 4.43 Å². The molecule has 0 amide bonds. The van der Waals surface area contributed by atoms with E-state index < -0.39 is 13.9 Å². The van der Waals surface area contributed by atoms with Crippen molar-refractivity contribution in [2.45, 2.75) is 39.1 Å². The summed E-state index contributed by atoms with van der Waals surface area (Å²) in [7, 11) is -1.61. The zero-order chi connectivity index (χ0) is 14.0. The van der Waals surface area contributed by atoms with Crippen molar-refractivity contribution in [1.82, 2.24) is 0 Å². The molecule has 1 nitrogen and oxygen atoms in total. The lowest BCUT2D eigenvalue weighted by Gasteiger charge is -2.28. The van der Waals surface area contributed by atoms with E-state index in [0.29, 0.717) is 10.0 Å². The quantitative estimate of drug-likeness (QED) is 0.553. The summed E-state index contributed by atoms with van der Waals surface area (Å²) in [5.41, 5.74) is 0.346. The van der Waals surface area contributed by atoms with Gasteiger partial charge in [-0.3, -0.25) is 0 Å². The van der Waals surface area contributed by atoms with E-state index >= 15 is 0 Å². The molecule has 0 unspecified atom stereocenters. The molecule has 0 radical (unpaired) electrons. The third-order valence-corrected chi connectivity index (χ3v) is 3.49. The van der Waals surface area contributed by atoms with Gasteiger partial charge in [-0.15, -0.1) is 0 Å². The number of hydrogen-bond donors (Lipinski definition) is 0. The van der Waals surface area contributed by atoms with Crippen LogP contribution in [-0.4, -0.2) is 13.9 Å². The SMILES string of the molecule is CC(C)(C#Cc1cc(Cl)cc(Cl)c1)O[Si](C)(C)C. The van der Waals surface area contributed by atoms with Gasteiger partial charge >= 0.3 is 0 Å². The van der Waals surface area contributed by atoms with E-state index in [9.17, 15) is 0 Å². The normalized spacial score (nSPS) is 11.9. The van der Waals surface area contributed by atoms with Crippen molar-refractivity contribution in [3.8, 4) is 11.8 Å². The van der Waals surface area contributed by atoms with Crippen molar-refractivity contribution >= 4 is 31.5 Å². The molecule has 0 saturated carbocycles. The first kappa shape index (κ1) is 15.6. The molecule has 1 rings (SSSR count). The van der Waals surface area contributed by atoms with Crippen LogP contribution in [0.2, 0.25) is 29.7 Å². The summed E-state index contributed by atoms with van der Waals surface area (Å²) >= 11 is 11.9. The van der Waals surface area contributed by atoms with Gasteiger partial charge in [0.05, 0.1) is 0 Å². The molecule has 4 heteroatoms. The van der Waals surface area contributed by atoms with Crippen LogP contribution in [0.25, 0.3) is 0 Å². The van der Waals surface area contributed by atoms with Crippen LogP contribution in [0.4, 0.5) is 0 Å². The Morgan fingerprint density at radius 3 is 2.00 bits per heavy atom. The molecule has 98 valence electrons. The van der Waals surface area contributed by atoms with E-state index in [1.807, 2.05) is 13.8 Å². The van der Waals surface area contributed by atoms with Crippen molar-refractivity contribution in [2.24, 2.45) is 0 Å². The highest BCUT2D eigenvalue weighted by Crippen LogP contribution is 2.20. The smallest absolute Gasteiger partial charge is 0.185 e. The van der Waals surface area contributed by atoms with Gasteiger partial charge in [0.1, 0.15) is 5.60 Å². The second kappa shape index (κ2) is 5.67. The first-order chi connectivity index (χ1) is 8.07. The largest absolute Gasteiger partial charge is 0.402 e. The Morgan fingerprint density at radius 1 is 1.06 bits per heavy atom. The summed E-state index contributed by atoms with van der Waals surface area (Å²) in [5, 5.41) is 1.19. The van der Waals surface area contributed by atoms with Crippen LogP contribution >= 0.6 is 23.2 Å². The zero-order valence-corrected chi connectivity index (χ0v) is 13.9. The lowest BCUT2D eigenvalue weighted by Crippen LogP contribution is -2.37. The summed E-state index contributed by atoms with van der Waals surface area (Å²) in [5.74, 6) is 6.20. The van der Waals surface area contributed by atoms with Crippen LogP contribution in [0.1, 0.15) is 19.4 Å². The highest BCUT2D eigenvalue weighted by atomic mass is 35.5. The molecular formula is C14H18Cl2OSi. The molecule has 0 fully saturated rings. The fourth-order valence-electron chi connectivity index (χ4n) is 1.64. The monoisotopic (exact) mass is 300 g/mol. The van der Waals surface area contributed by atoms with Crippen LogP contribution in [0.15, 0.2) is 18.2 Å². The molecule has 0 N–H and O–H groups in total. The molecule has 1 aromatic carbocycles. The average molecular weight is 301 g/mol. The molecule has 0 atom stereocenters. The van der Waals surface area contributed by atoms with Gasteiger partial charge in [0.2, 0.25) is 0 Å². The first-order valence-electron chi connectivity index (χ1n) is 5.77. The molecule has 0 bridgehead atoms. The topological polar surface area (TPSA) is 9.23 Å². The molecule has 0 aromatic heterocycles. The second-order valence-corrected chi connectivity index (χ2v) is 10.9. The van der Waals surface area contributed by atoms with Gasteiger partial charge in [-0.1, -0.05) is 35.0 Å². The van der Waals surface area contributed by atoms with Gasteiger partial charge in [0.25, 0.3) is 0 Å². The van der Waals surface area contributed by atoms with Crippen LogP contribution in [-0.2, 0) is 4.43 Å². The van der Waals surface area contributed by atoms with Crippen LogP contribution in [0.3, 0.4) is 0 Å². The number of benzene rings is 1.